The van der Waals surface area contributed by atoms with Crippen molar-refractivity contribution in [2.45, 2.75) is 6.92 Å². The Bertz CT molecular complexity index is 1060. The van der Waals surface area contributed by atoms with Gasteiger partial charge in [0.15, 0.2) is 16.6 Å². The van der Waals surface area contributed by atoms with Crippen LogP contribution in [0.4, 0.5) is 11.4 Å². The van der Waals surface area contributed by atoms with E-state index in [0.717, 1.165) is 5.69 Å². The first-order valence-corrected chi connectivity index (χ1v) is 11.4. The fourth-order valence-electron chi connectivity index (χ4n) is 3.60. The van der Waals surface area contributed by atoms with Crippen LogP contribution in [0.5, 0.6) is 17.2 Å². The first-order chi connectivity index (χ1) is 16.9. The number of hydrogen-bond donors (Lipinski definition) is 2. The molecule has 0 aliphatic carbocycles. The van der Waals surface area contributed by atoms with Crippen molar-refractivity contribution in [2.24, 2.45) is 0 Å². The van der Waals surface area contributed by atoms with Crippen molar-refractivity contribution in [3.8, 4) is 17.2 Å². The standard InChI is InChI=1S/C24H29N3O7S/c1-5-34-23(29)15-6-7-18(27-8-10-33-11-9-27)17(12-15)25-24(35)26-22(28)16-13-19(30-2)21(32-4)20(14-16)31-3/h6-7,12-14H,5,8-11H2,1-4H3,(H2,25,26,28,35). The predicted octanol–water partition coefficient (Wildman–Crippen LogP) is 2.85. The molecule has 0 unspecified atom stereocenters. The number of carbonyl (C=O) groups excluding carboxylic acids is 2. The average molecular weight is 504 g/mol. The van der Waals surface area contributed by atoms with Gasteiger partial charge < -0.3 is 33.9 Å². The second kappa shape index (κ2) is 12.2. The van der Waals surface area contributed by atoms with Crippen LogP contribution in [0.1, 0.15) is 27.6 Å². The highest BCUT2D eigenvalue weighted by Gasteiger charge is 2.20. The lowest BCUT2D eigenvalue weighted by molar-refractivity contribution is 0.0526. The molecular formula is C24H29N3O7S. The molecule has 1 amide bonds. The highest BCUT2D eigenvalue weighted by molar-refractivity contribution is 7.80. The number of esters is 1. The van der Waals surface area contributed by atoms with E-state index in [0.29, 0.717) is 54.8 Å². The number of benzene rings is 2. The normalized spacial score (nSPS) is 13.0. The van der Waals surface area contributed by atoms with E-state index in [4.69, 9.17) is 35.9 Å². The summed E-state index contributed by atoms with van der Waals surface area (Å²) < 4.78 is 26.5. The molecule has 35 heavy (non-hydrogen) atoms. The van der Waals surface area contributed by atoms with Gasteiger partial charge in [-0.25, -0.2) is 4.79 Å². The number of methoxy groups -OCH3 is 3. The number of amides is 1. The molecule has 1 aliphatic rings. The molecule has 0 bridgehead atoms. The minimum atomic E-state index is -0.476. The van der Waals surface area contributed by atoms with E-state index >= 15 is 0 Å². The summed E-state index contributed by atoms with van der Waals surface area (Å²) in [5, 5.41) is 5.76. The fraction of sp³-hybridized carbons (Fsp3) is 0.375. The quantitative estimate of drug-likeness (QED) is 0.412. The minimum Gasteiger partial charge on any atom is -0.493 e. The molecule has 0 saturated carbocycles. The summed E-state index contributed by atoms with van der Waals surface area (Å²) in [6.45, 7) is 4.53. The lowest BCUT2D eigenvalue weighted by Gasteiger charge is -2.31. The monoisotopic (exact) mass is 503 g/mol. The maximum Gasteiger partial charge on any atom is 0.338 e. The zero-order valence-electron chi connectivity index (χ0n) is 20.1. The van der Waals surface area contributed by atoms with Gasteiger partial charge in [-0.2, -0.15) is 0 Å². The number of rotatable bonds is 8. The van der Waals surface area contributed by atoms with Crippen LogP contribution in [0, 0.1) is 0 Å². The number of ether oxygens (including phenoxy) is 5. The number of thiocarbonyl (C=S) groups is 1. The van der Waals surface area contributed by atoms with Gasteiger partial charge >= 0.3 is 5.97 Å². The molecule has 1 fully saturated rings. The van der Waals surface area contributed by atoms with Crippen LogP contribution in [0.25, 0.3) is 0 Å². The van der Waals surface area contributed by atoms with Crippen molar-refractivity contribution < 1.29 is 33.3 Å². The van der Waals surface area contributed by atoms with Gasteiger partial charge in [0.2, 0.25) is 5.75 Å². The molecule has 2 aromatic carbocycles. The summed E-state index contributed by atoms with van der Waals surface area (Å²) in [5.74, 6) is 0.131. The Balaban J connectivity index is 1.83. The summed E-state index contributed by atoms with van der Waals surface area (Å²) in [6, 6.07) is 8.23. The minimum absolute atomic E-state index is 0.0549. The molecule has 0 radical (unpaired) electrons. The number of morpholine rings is 1. The van der Waals surface area contributed by atoms with E-state index in [9.17, 15) is 9.59 Å². The second-order valence-electron chi connectivity index (χ2n) is 7.37. The maximum atomic E-state index is 12.9. The van der Waals surface area contributed by atoms with Crippen LogP contribution < -0.4 is 29.7 Å². The number of hydrogen-bond acceptors (Lipinski definition) is 9. The number of nitrogens with one attached hydrogen (secondary N) is 2. The van der Waals surface area contributed by atoms with E-state index in [-0.39, 0.29) is 17.3 Å². The molecule has 0 aromatic heterocycles. The van der Waals surface area contributed by atoms with Crippen LogP contribution in [0.3, 0.4) is 0 Å². The third kappa shape index (κ3) is 6.31. The Labute approximate surface area is 209 Å². The zero-order chi connectivity index (χ0) is 25.4. The molecular weight excluding hydrogens is 474 g/mol. The van der Waals surface area contributed by atoms with Gasteiger partial charge in [0, 0.05) is 18.7 Å². The Morgan fingerprint density at radius 3 is 2.23 bits per heavy atom. The summed E-state index contributed by atoms with van der Waals surface area (Å²) in [7, 11) is 4.42. The number of nitrogens with zero attached hydrogens (tertiary/aromatic N) is 1. The zero-order valence-corrected chi connectivity index (χ0v) is 21.0. The predicted molar refractivity (Wildman–Crippen MR) is 135 cm³/mol. The van der Waals surface area contributed by atoms with E-state index < -0.39 is 11.9 Å². The molecule has 11 heteroatoms. The SMILES string of the molecule is CCOC(=O)c1ccc(N2CCOCC2)c(NC(=S)NC(=O)c2cc(OC)c(OC)c(OC)c2)c1. The van der Waals surface area contributed by atoms with Gasteiger partial charge in [0.05, 0.1) is 58.1 Å². The van der Waals surface area contributed by atoms with Gasteiger partial charge in [-0.15, -0.1) is 0 Å². The third-order valence-corrected chi connectivity index (χ3v) is 5.47. The second-order valence-corrected chi connectivity index (χ2v) is 7.78. The molecule has 2 N–H and O–H groups in total. The summed E-state index contributed by atoms with van der Waals surface area (Å²) in [6.07, 6.45) is 0. The first kappa shape index (κ1) is 26.0. The van der Waals surface area contributed by atoms with E-state index in [1.54, 1.807) is 19.1 Å². The van der Waals surface area contributed by atoms with E-state index in [1.807, 2.05) is 6.07 Å². The molecule has 1 saturated heterocycles. The maximum absolute atomic E-state index is 12.9. The van der Waals surface area contributed by atoms with Crippen LogP contribution in [0.2, 0.25) is 0 Å². The summed E-state index contributed by atoms with van der Waals surface area (Å²) in [4.78, 5) is 27.3. The van der Waals surface area contributed by atoms with Crippen molar-refractivity contribution in [1.82, 2.24) is 5.32 Å². The molecule has 2 aromatic rings. The Morgan fingerprint density at radius 1 is 1.00 bits per heavy atom. The topological polar surface area (TPSA) is 108 Å². The van der Waals surface area contributed by atoms with Gasteiger partial charge in [0.1, 0.15) is 0 Å². The highest BCUT2D eigenvalue weighted by atomic mass is 32.1. The van der Waals surface area contributed by atoms with Gasteiger partial charge in [-0.1, -0.05) is 0 Å². The number of anilines is 2. The Morgan fingerprint density at radius 2 is 1.66 bits per heavy atom. The van der Waals surface area contributed by atoms with Crippen molar-refractivity contribution in [3.63, 3.8) is 0 Å². The molecule has 10 nitrogen and oxygen atoms in total. The van der Waals surface area contributed by atoms with Crippen molar-refractivity contribution >= 4 is 40.6 Å². The smallest absolute Gasteiger partial charge is 0.338 e. The van der Waals surface area contributed by atoms with Crippen molar-refractivity contribution in [1.29, 1.82) is 0 Å². The Hall–Kier alpha value is -3.57. The van der Waals surface area contributed by atoms with Crippen molar-refractivity contribution in [3.05, 3.63) is 41.5 Å². The molecule has 1 heterocycles. The van der Waals surface area contributed by atoms with Crippen LogP contribution in [-0.4, -0.2) is 71.2 Å². The molecule has 1 aliphatic heterocycles. The third-order valence-electron chi connectivity index (χ3n) is 5.26. The van der Waals surface area contributed by atoms with Crippen LogP contribution >= 0.6 is 12.2 Å². The van der Waals surface area contributed by atoms with Gasteiger partial charge in [0.25, 0.3) is 5.91 Å². The van der Waals surface area contributed by atoms with E-state index in [1.165, 1.54) is 33.5 Å². The molecule has 0 atom stereocenters. The average Bonchev–Trinajstić information content (AvgIpc) is 2.88. The number of carbonyl (C=O) groups is 2. The fourth-order valence-corrected chi connectivity index (χ4v) is 3.80. The molecule has 0 spiro atoms. The van der Waals surface area contributed by atoms with Gasteiger partial charge in [-0.05, 0) is 49.5 Å². The summed E-state index contributed by atoms with van der Waals surface area (Å²) >= 11 is 5.41. The lowest BCUT2D eigenvalue weighted by Crippen LogP contribution is -2.38. The molecule has 188 valence electrons. The summed E-state index contributed by atoms with van der Waals surface area (Å²) in [5.41, 5.74) is 2.01. The lowest BCUT2D eigenvalue weighted by atomic mass is 10.1. The van der Waals surface area contributed by atoms with Crippen molar-refractivity contribution in [2.75, 3.05) is 64.5 Å². The van der Waals surface area contributed by atoms with E-state index in [2.05, 4.69) is 15.5 Å². The molecule has 3 rings (SSSR count). The highest BCUT2D eigenvalue weighted by Crippen LogP contribution is 2.38. The van der Waals surface area contributed by atoms with Crippen LogP contribution in [-0.2, 0) is 9.47 Å². The largest absolute Gasteiger partial charge is 0.493 e. The first-order valence-electron chi connectivity index (χ1n) is 11.0. The van der Waals surface area contributed by atoms with Gasteiger partial charge in [-0.3, -0.25) is 10.1 Å². The Kier molecular flexibility index (Phi) is 9.10. The van der Waals surface area contributed by atoms with Crippen LogP contribution in [0.15, 0.2) is 30.3 Å².